The molecule has 0 aromatic heterocycles. The third kappa shape index (κ3) is 2.46. The van der Waals surface area contributed by atoms with E-state index < -0.39 is 9.85 Å². The summed E-state index contributed by atoms with van der Waals surface area (Å²) in [5.41, 5.74) is 1.32. The molecule has 1 aromatic carbocycles. The van der Waals surface area contributed by atoms with Gasteiger partial charge in [0.25, 0.3) is 5.69 Å². The number of nitrogens with one attached hydrogen (secondary N) is 1. The quantitative estimate of drug-likeness (QED) is 0.509. The van der Waals surface area contributed by atoms with Crippen LogP contribution in [0.3, 0.4) is 0 Å². The third-order valence-electron chi connectivity index (χ3n) is 3.76. The molecule has 0 unspecified atom stereocenters. The van der Waals surface area contributed by atoms with Gasteiger partial charge in [0.15, 0.2) is 5.82 Å². The van der Waals surface area contributed by atoms with Gasteiger partial charge in [-0.25, -0.2) is 0 Å². The zero-order valence-electron chi connectivity index (χ0n) is 12.3. The minimum Gasteiger partial charge on any atom is -0.364 e. The van der Waals surface area contributed by atoms with Crippen molar-refractivity contribution in [3.05, 3.63) is 79.3 Å². The zero-order chi connectivity index (χ0) is 17.3. The van der Waals surface area contributed by atoms with E-state index in [2.05, 4.69) is 5.32 Å². The fourth-order valence-electron chi connectivity index (χ4n) is 2.74. The Kier molecular flexibility index (Phi) is 3.71. The number of rotatable bonds is 3. The molecule has 1 saturated heterocycles. The van der Waals surface area contributed by atoms with Gasteiger partial charge in [0.05, 0.1) is 27.2 Å². The van der Waals surface area contributed by atoms with Crippen LogP contribution in [0.5, 0.6) is 0 Å². The molecule has 0 bridgehead atoms. The molecule has 0 radical (unpaired) electrons. The van der Waals surface area contributed by atoms with Gasteiger partial charge in [-0.1, -0.05) is 0 Å². The number of allylic oxidation sites excluding steroid dienone is 2. The van der Waals surface area contributed by atoms with Crippen molar-refractivity contribution in [2.75, 3.05) is 13.1 Å². The summed E-state index contributed by atoms with van der Waals surface area (Å²) in [6, 6.07) is 7.74. The lowest BCUT2D eigenvalue weighted by Crippen LogP contribution is -2.27. The Morgan fingerprint density at radius 2 is 1.92 bits per heavy atom. The zero-order valence-corrected chi connectivity index (χ0v) is 12.3. The fourth-order valence-corrected chi connectivity index (χ4v) is 2.74. The molecule has 2 heterocycles. The number of hydrogen-bond donors (Lipinski definition) is 1. The highest BCUT2D eigenvalue weighted by Gasteiger charge is 2.36. The molecule has 9 nitrogen and oxygen atoms in total. The summed E-state index contributed by atoms with van der Waals surface area (Å²) in [4.78, 5) is 22.9. The summed E-state index contributed by atoms with van der Waals surface area (Å²) in [7, 11) is 0. The maximum Gasteiger partial charge on any atom is 0.317 e. The number of hydrogen-bond acceptors (Lipinski definition) is 7. The minimum atomic E-state index is -0.521. The number of nitriles is 1. The molecule has 0 atom stereocenters. The Balaban J connectivity index is 2.10. The van der Waals surface area contributed by atoms with Crippen molar-refractivity contribution in [2.45, 2.75) is 0 Å². The molecular weight excluding hydrogens is 314 g/mol. The number of nitro benzene ring substituents is 1. The second kappa shape index (κ2) is 5.85. The Morgan fingerprint density at radius 3 is 2.50 bits per heavy atom. The molecule has 24 heavy (non-hydrogen) atoms. The topological polar surface area (TPSA) is 125 Å². The van der Waals surface area contributed by atoms with Crippen LogP contribution in [0.4, 0.5) is 5.69 Å². The van der Waals surface area contributed by atoms with Crippen molar-refractivity contribution in [2.24, 2.45) is 0 Å². The second-order valence-electron chi connectivity index (χ2n) is 5.10. The van der Waals surface area contributed by atoms with Crippen molar-refractivity contribution in [1.29, 1.82) is 5.26 Å². The van der Waals surface area contributed by atoms with E-state index in [0.29, 0.717) is 30.2 Å². The lowest BCUT2D eigenvalue weighted by Gasteiger charge is -2.26. The average molecular weight is 325 g/mol. The molecule has 0 saturated carbocycles. The fraction of sp³-hybridized carbons (Fsp3) is 0.133. The van der Waals surface area contributed by atoms with E-state index in [1.807, 2.05) is 6.07 Å². The van der Waals surface area contributed by atoms with Crippen molar-refractivity contribution in [3.63, 3.8) is 0 Å². The number of nitro groups is 2. The van der Waals surface area contributed by atoms with Crippen LogP contribution in [0.2, 0.25) is 0 Å². The largest absolute Gasteiger partial charge is 0.364 e. The number of non-ortho nitro benzene ring substituents is 1. The monoisotopic (exact) mass is 325 g/mol. The number of nitrogens with zero attached hydrogens (tertiary/aromatic N) is 4. The first-order valence-corrected chi connectivity index (χ1v) is 6.99. The number of benzene rings is 1. The molecule has 120 valence electrons. The highest BCUT2D eigenvalue weighted by Crippen LogP contribution is 2.35. The smallest absolute Gasteiger partial charge is 0.317 e. The van der Waals surface area contributed by atoms with Crippen LogP contribution >= 0.6 is 0 Å². The molecule has 1 aromatic rings. The Labute approximate surface area is 136 Å². The third-order valence-corrected chi connectivity index (χ3v) is 3.76. The Bertz CT molecular complexity index is 861. The SMILES string of the molecule is N#C/C=C1/C=C(c2ccc([N+](=O)[O-])cc2)N2CCNC2=C1[N+](=O)[O-]. The van der Waals surface area contributed by atoms with E-state index in [9.17, 15) is 20.2 Å². The predicted molar refractivity (Wildman–Crippen MR) is 83.5 cm³/mol. The van der Waals surface area contributed by atoms with Crippen LogP contribution in [-0.2, 0) is 0 Å². The maximum atomic E-state index is 11.4. The van der Waals surface area contributed by atoms with Crippen molar-refractivity contribution >= 4 is 11.4 Å². The van der Waals surface area contributed by atoms with Gasteiger partial charge >= 0.3 is 5.70 Å². The second-order valence-corrected chi connectivity index (χ2v) is 5.10. The summed E-state index contributed by atoms with van der Waals surface area (Å²) in [6.45, 7) is 1.05. The lowest BCUT2D eigenvalue weighted by molar-refractivity contribution is -0.422. The van der Waals surface area contributed by atoms with E-state index in [1.165, 1.54) is 12.1 Å². The standard InChI is InChI=1S/C15H11N5O4/c16-6-5-11-9-13(10-1-3-12(4-2-10)19(21)22)18-8-7-17-15(18)14(11)20(23)24/h1-5,9,17H,7-8H2/b11-5-. The molecule has 1 fully saturated rings. The van der Waals surface area contributed by atoms with E-state index in [4.69, 9.17) is 5.26 Å². The summed E-state index contributed by atoms with van der Waals surface area (Å²) in [5, 5.41) is 34.0. The first-order valence-electron chi connectivity index (χ1n) is 6.99. The predicted octanol–water partition coefficient (Wildman–Crippen LogP) is 1.75. The molecule has 1 N–H and O–H groups in total. The molecular formula is C15H11N5O4. The van der Waals surface area contributed by atoms with E-state index >= 15 is 0 Å². The minimum absolute atomic E-state index is 0.0377. The van der Waals surface area contributed by atoms with E-state index in [0.717, 1.165) is 6.08 Å². The van der Waals surface area contributed by atoms with Crippen molar-refractivity contribution in [3.8, 4) is 6.07 Å². The first kappa shape index (κ1) is 15.2. The average Bonchev–Trinajstić information content (AvgIpc) is 3.03. The van der Waals surface area contributed by atoms with Crippen LogP contribution in [-0.4, -0.2) is 27.8 Å². The van der Waals surface area contributed by atoms with Crippen LogP contribution in [0, 0.1) is 31.6 Å². The maximum absolute atomic E-state index is 11.4. The normalized spacial score (nSPS) is 17.9. The molecule has 2 aliphatic heterocycles. The molecule has 9 heteroatoms. The van der Waals surface area contributed by atoms with Gasteiger partial charge < -0.3 is 10.2 Å². The van der Waals surface area contributed by atoms with Gasteiger partial charge in [-0.15, -0.1) is 0 Å². The molecule has 0 amide bonds. The first-order chi connectivity index (χ1) is 11.5. The Hall–Kier alpha value is -3.67. The summed E-state index contributed by atoms with van der Waals surface area (Å²) in [5.74, 6) is 0.331. The van der Waals surface area contributed by atoms with Crippen LogP contribution < -0.4 is 5.32 Å². The van der Waals surface area contributed by atoms with Gasteiger partial charge in [0, 0.05) is 31.3 Å². The molecule has 2 aliphatic rings. The van der Waals surface area contributed by atoms with Crippen molar-refractivity contribution < 1.29 is 9.85 Å². The van der Waals surface area contributed by atoms with Crippen LogP contribution in [0.1, 0.15) is 5.56 Å². The Morgan fingerprint density at radius 1 is 1.21 bits per heavy atom. The van der Waals surface area contributed by atoms with Gasteiger partial charge in [-0.2, -0.15) is 5.26 Å². The molecule has 0 aliphatic carbocycles. The number of fused-ring (bicyclic) bond motifs is 1. The molecule has 3 rings (SSSR count). The lowest BCUT2D eigenvalue weighted by atomic mass is 10.0. The highest BCUT2D eigenvalue weighted by molar-refractivity contribution is 5.73. The van der Waals surface area contributed by atoms with Crippen LogP contribution in [0.25, 0.3) is 5.70 Å². The van der Waals surface area contributed by atoms with Gasteiger partial charge in [0.2, 0.25) is 0 Å². The van der Waals surface area contributed by atoms with Gasteiger partial charge in [-0.05, 0) is 23.8 Å². The van der Waals surface area contributed by atoms with Gasteiger partial charge in [0.1, 0.15) is 0 Å². The van der Waals surface area contributed by atoms with E-state index in [-0.39, 0.29) is 17.0 Å². The van der Waals surface area contributed by atoms with Crippen molar-refractivity contribution in [1.82, 2.24) is 10.2 Å². The van der Waals surface area contributed by atoms with Crippen LogP contribution in [0.15, 0.2) is 53.5 Å². The van der Waals surface area contributed by atoms with E-state index in [1.54, 1.807) is 23.1 Å². The summed E-state index contributed by atoms with van der Waals surface area (Å²) in [6.07, 6.45) is 2.67. The summed E-state index contributed by atoms with van der Waals surface area (Å²) < 4.78 is 0. The highest BCUT2D eigenvalue weighted by atomic mass is 16.6. The molecule has 0 spiro atoms. The van der Waals surface area contributed by atoms with Gasteiger partial charge in [-0.3, -0.25) is 20.2 Å². The summed E-state index contributed by atoms with van der Waals surface area (Å²) >= 11 is 0.